The molecule has 250 valence electrons. The van der Waals surface area contributed by atoms with Gasteiger partial charge in [-0.25, -0.2) is 9.97 Å². The maximum absolute atomic E-state index is 5.50. The molecule has 7 aromatic carbocycles. The minimum Gasteiger partial charge on any atom is -0.294 e. The number of benzene rings is 7. The number of para-hydroxylation sites is 1. The molecule has 3 nitrogen and oxygen atoms in total. The van der Waals surface area contributed by atoms with Crippen molar-refractivity contribution in [2.24, 2.45) is 0 Å². The van der Waals surface area contributed by atoms with E-state index in [4.69, 9.17) is 9.97 Å². The molecule has 0 saturated heterocycles. The fraction of sp³-hybridized carbons (Fsp3) is 0.0612. The topological polar surface area (TPSA) is 30.7 Å². The third kappa shape index (κ3) is 4.46. The van der Waals surface area contributed by atoms with Crippen molar-refractivity contribution in [3.05, 3.63) is 175 Å². The zero-order valence-electron chi connectivity index (χ0n) is 29.3. The Balaban J connectivity index is 1.21. The molecule has 1 aliphatic rings. The number of aromatic nitrogens is 3. The van der Waals surface area contributed by atoms with Crippen molar-refractivity contribution in [2.45, 2.75) is 19.3 Å². The fourth-order valence-corrected chi connectivity index (χ4v) is 10.0. The quantitative estimate of drug-likeness (QED) is 0.183. The summed E-state index contributed by atoms with van der Waals surface area (Å²) in [5.41, 5.74) is 12.9. The van der Waals surface area contributed by atoms with Crippen LogP contribution >= 0.6 is 11.3 Å². The molecule has 0 unspecified atom stereocenters. The van der Waals surface area contributed by atoms with Gasteiger partial charge in [0.15, 0.2) is 5.82 Å². The molecular formula is C49H33N3S. The van der Waals surface area contributed by atoms with Crippen LogP contribution in [-0.4, -0.2) is 14.5 Å². The molecular weight excluding hydrogens is 663 g/mol. The van der Waals surface area contributed by atoms with E-state index in [1.54, 1.807) is 0 Å². The SMILES string of the molecule is CC1(C)c2ccccc2-c2ccc3c(c21)c1ccccc1n3-c1cc(-c2cccc(-c3ccccc3)c2)nc(-c2cccc3c2sc2ccccc23)n1. The van der Waals surface area contributed by atoms with Crippen molar-refractivity contribution < 1.29 is 0 Å². The molecule has 1 aliphatic carbocycles. The van der Waals surface area contributed by atoms with Crippen molar-refractivity contribution in [1.82, 2.24) is 14.5 Å². The molecule has 3 aromatic heterocycles. The van der Waals surface area contributed by atoms with Crippen molar-refractivity contribution in [1.29, 1.82) is 0 Å². The summed E-state index contributed by atoms with van der Waals surface area (Å²) in [6.07, 6.45) is 0. The van der Waals surface area contributed by atoms with Gasteiger partial charge < -0.3 is 0 Å². The molecule has 10 aromatic rings. The summed E-state index contributed by atoms with van der Waals surface area (Å²) >= 11 is 1.81. The summed E-state index contributed by atoms with van der Waals surface area (Å²) in [5, 5.41) is 5.03. The van der Waals surface area contributed by atoms with Gasteiger partial charge in [0, 0.05) is 53.6 Å². The second-order valence-corrected chi connectivity index (χ2v) is 15.6. The van der Waals surface area contributed by atoms with Crippen LogP contribution in [0.4, 0.5) is 0 Å². The molecule has 3 heterocycles. The van der Waals surface area contributed by atoms with Crippen LogP contribution in [0.2, 0.25) is 0 Å². The molecule has 0 aliphatic heterocycles. The molecule has 0 atom stereocenters. The maximum atomic E-state index is 5.50. The Kier molecular flexibility index (Phi) is 6.47. The van der Waals surface area contributed by atoms with Crippen molar-refractivity contribution in [2.75, 3.05) is 0 Å². The zero-order valence-corrected chi connectivity index (χ0v) is 30.2. The van der Waals surface area contributed by atoms with E-state index in [2.05, 4.69) is 182 Å². The Morgan fingerprint density at radius 3 is 2.11 bits per heavy atom. The summed E-state index contributed by atoms with van der Waals surface area (Å²) in [7, 11) is 0. The minimum atomic E-state index is -0.156. The van der Waals surface area contributed by atoms with Gasteiger partial charge in [0.05, 0.1) is 16.7 Å². The van der Waals surface area contributed by atoms with Crippen LogP contribution in [0.1, 0.15) is 25.0 Å². The van der Waals surface area contributed by atoms with E-state index < -0.39 is 0 Å². The Morgan fingerprint density at radius 2 is 1.21 bits per heavy atom. The van der Waals surface area contributed by atoms with E-state index in [1.165, 1.54) is 58.8 Å². The van der Waals surface area contributed by atoms with Crippen LogP contribution in [0.15, 0.2) is 164 Å². The lowest BCUT2D eigenvalue weighted by Crippen LogP contribution is -2.15. The zero-order chi connectivity index (χ0) is 35.3. The van der Waals surface area contributed by atoms with Gasteiger partial charge in [-0.1, -0.05) is 141 Å². The van der Waals surface area contributed by atoms with Crippen LogP contribution in [0.5, 0.6) is 0 Å². The highest BCUT2D eigenvalue weighted by atomic mass is 32.1. The largest absolute Gasteiger partial charge is 0.294 e. The number of rotatable bonds is 4. The summed E-state index contributed by atoms with van der Waals surface area (Å²) in [4.78, 5) is 10.9. The van der Waals surface area contributed by atoms with Crippen LogP contribution in [0.25, 0.3) is 92.7 Å². The second-order valence-electron chi connectivity index (χ2n) is 14.6. The Bertz CT molecular complexity index is 3090. The second kappa shape index (κ2) is 11.3. The monoisotopic (exact) mass is 695 g/mol. The minimum absolute atomic E-state index is 0.156. The standard InChI is InChI=1S/C49H33N3S/c1-49(2)39-23-9-6-18-33(39)35-26-27-42-45(46(35)49)37-20-7-10-24-41(37)52(42)44-29-40(32-17-12-16-31(28-32)30-14-4-3-5-15-30)50-48(51-44)38-22-13-21-36-34-19-8-11-25-43(34)53-47(36)38/h3-29H,1-2H3. The highest BCUT2D eigenvalue weighted by molar-refractivity contribution is 7.26. The van der Waals surface area contributed by atoms with E-state index in [0.717, 1.165) is 45.1 Å². The lowest BCUT2D eigenvalue weighted by Gasteiger charge is -2.22. The predicted molar refractivity (Wildman–Crippen MR) is 223 cm³/mol. The molecule has 11 rings (SSSR count). The molecule has 0 fully saturated rings. The van der Waals surface area contributed by atoms with Crippen molar-refractivity contribution in [3.63, 3.8) is 0 Å². The smallest absolute Gasteiger partial charge is 0.163 e. The number of thiophene rings is 1. The Morgan fingerprint density at radius 1 is 0.509 bits per heavy atom. The first kappa shape index (κ1) is 30.3. The highest BCUT2D eigenvalue weighted by Gasteiger charge is 2.38. The molecule has 0 N–H and O–H groups in total. The van der Waals surface area contributed by atoms with Gasteiger partial charge in [0.1, 0.15) is 5.82 Å². The first-order chi connectivity index (χ1) is 26.0. The molecule has 4 heteroatoms. The van der Waals surface area contributed by atoms with E-state index >= 15 is 0 Å². The maximum Gasteiger partial charge on any atom is 0.163 e. The van der Waals surface area contributed by atoms with Crippen molar-refractivity contribution >= 4 is 53.3 Å². The van der Waals surface area contributed by atoms with Crippen LogP contribution < -0.4 is 0 Å². The normalized spacial score (nSPS) is 13.2. The Hall–Kier alpha value is -6.36. The first-order valence-electron chi connectivity index (χ1n) is 18.2. The van der Waals surface area contributed by atoms with E-state index in [0.29, 0.717) is 0 Å². The summed E-state index contributed by atoms with van der Waals surface area (Å²) < 4.78 is 4.83. The van der Waals surface area contributed by atoms with Crippen LogP contribution in [0.3, 0.4) is 0 Å². The summed E-state index contributed by atoms with van der Waals surface area (Å²) in [6.45, 7) is 4.74. The van der Waals surface area contributed by atoms with Gasteiger partial charge in [-0.15, -0.1) is 11.3 Å². The van der Waals surface area contributed by atoms with Gasteiger partial charge in [-0.3, -0.25) is 4.57 Å². The average molecular weight is 696 g/mol. The van der Waals surface area contributed by atoms with Gasteiger partial charge in [-0.05, 0) is 63.7 Å². The number of nitrogens with zero attached hydrogens (tertiary/aromatic N) is 3. The van der Waals surface area contributed by atoms with E-state index in [1.807, 2.05) is 11.3 Å². The molecule has 0 bridgehead atoms. The molecule has 0 saturated carbocycles. The van der Waals surface area contributed by atoms with Gasteiger partial charge in [0.25, 0.3) is 0 Å². The van der Waals surface area contributed by atoms with Crippen LogP contribution in [0, 0.1) is 0 Å². The molecule has 0 radical (unpaired) electrons. The van der Waals surface area contributed by atoms with Gasteiger partial charge >= 0.3 is 0 Å². The fourth-order valence-electron chi connectivity index (χ4n) is 8.81. The van der Waals surface area contributed by atoms with E-state index in [9.17, 15) is 0 Å². The lowest BCUT2D eigenvalue weighted by molar-refractivity contribution is 0.666. The van der Waals surface area contributed by atoms with Crippen LogP contribution in [-0.2, 0) is 5.41 Å². The third-order valence-corrected chi connectivity index (χ3v) is 12.4. The Labute approximate surface area is 311 Å². The average Bonchev–Trinajstić information content (AvgIpc) is 3.84. The molecule has 53 heavy (non-hydrogen) atoms. The number of hydrogen-bond donors (Lipinski definition) is 0. The summed E-state index contributed by atoms with van der Waals surface area (Å²) in [6, 6.07) is 59.0. The number of fused-ring (bicyclic) bond motifs is 10. The van der Waals surface area contributed by atoms with Crippen molar-refractivity contribution in [3.8, 4) is 50.7 Å². The van der Waals surface area contributed by atoms with Gasteiger partial charge in [-0.2, -0.15) is 0 Å². The number of hydrogen-bond acceptors (Lipinski definition) is 3. The predicted octanol–water partition coefficient (Wildman–Crippen LogP) is 13.2. The van der Waals surface area contributed by atoms with Gasteiger partial charge in [0.2, 0.25) is 0 Å². The molecule has 0 amide bonds. The van der Waals surface area contributed by atoms with E-state index in [-0.39, 0.29) is 5.41 Å². The lowest BCUT2D eigenvalue weighted by atomic mass is 9.80. The highest BCUT2D eigenvalue weighted by Crippen LogP contribution is 2.53. The third-order valence-electron chi connectivity index (χ3n) is 11.2. The molecule has 0 spiro atoms. The first-order valence-corrected chi connectivity index (χ1v) is 19.0. The summed E-state index contributed by atoms with van der Waals surface area (Å²) in [5.74, 6) is 1.58.